The zero-order chi connectivity index (χ0) is 12.6. The molecule has 0 rings (SSSR count). The third-order valence-corrected chi connectivity index (χ3v) is 2.73. The Hall–Kier alpha value is -0.0400. The first-order valence-electron chi connectivity index (χ1n) is 5.22. The van der Waals surface area contributed by atoms with Crippen molar-refractivity contribution >= 4 is 35.5 Å². The molecule has 94 valence electrons. The van der Waals surface area contributed by atoms with E-state index < -0.39 is 0 Å². The lowest BCUT2D eigenvalue weighted by Gasteiger charge is -2.21. The van der Waals surface area contributed by atoms with E-state index in [-0.39, 0.29) is 10.2 Å². The van der Waals surface area contributed by atoms with Crippen molar-refractivity contribution in [2.45, 2.75) is 12.8 Å². The summed E-state index contributed by atoms with van der Waals surface area (Å²) in [5, 5.41) is -0.165. The normalized spacial score (nSPS) is 11.1. The predicted molar refractivity (Wildman–Crippen MR) is 72.2 cm³/mol. The molecule has 0 heterocycles. The smallest absolute Gasteiger partial charge is 0.187 e. The average Bonchev–Trinajstić information content (AvgIpc) is 2.20. The number of nitrogens with zero attached hydrogens (tertiary/aromatic N) is 2. The SMILES string of the molecule is CN(CCC(=O)S)CCN(C)CCC(=O)S. The van der Waals surface area contributed by atoms with Crippen molar-refractivity contribution in [3.63, 3.8) is 0 Å². The van der Waals surface area contributed by atoms with Crippen molar-refractivity contribution in [2.75, 3.05) is 40.3 Å². The van der Waals surface area contributed by atoms with Gasteiger partial charge in [0.2, 0.25) is 0 Å². The van der Waals surface area contributed by atoms with E-state index >= 15 is 0 Å². The van der Waals surface area contributed by atoms with E-state index in [4.69, 9.17) is 0 Å². The summed E-state index contributed by atoms with van der Waals surface area (Å²) in [5.41, 5.74) is 0. The minimum atomic E-state index is -0.0825. The van der Waals surface area contributed by atoms with Gasteiger partial charge in [0.15, 0.2) is 10.2 Å². The lowest BCUT2D eigenvalue weighted by Crippen LogP contribution is -2.32. The Labute approximate surface area is 108 Å². The summed E-state index contributed by atoms with van der Waals surface area (Å²) < 4.78 is 0. The molecule has 0 aromatic rings. The van der Waals surface area contributed by atoms with Gasteiger partial charge in [-0.15, -0.1) is 25.3 Å². The largest absolute Gasteiger partial charge is 0.305 e. The standard InChI is InChI=1S/C10H20N2O2S2/c1-11(5-3-9(13)15)7-8-12(2)6-4-10(14)16/h3-8H2,1-2H3,(H,13,15)(H,14,16). The Morgan fingerprint density at radius 3 is 1.38 bits per heavy atom. The molecule has 0 aromatic heterocycles. The van der Waals surface area contributed by atoms with Gasteiger partial charge in [0.1, 0.15) is 0 Å². The number of likely N-dealkylation sites (N-methyl/N-ethyl adjacent to an activating group) is 2. The summed E-state index contributed by atoms with van der Waals surface area (Å²) in [6, 6.07) is 0. The van der Waals surface area contributed by atoms with Crippen LogP contribution in [0.1, 0.15) is 12.8 Å². The molecule has 0 saturated carbocycles. The molecular formula is C10H20N2O2S2. The van der Waals surface area contributed by atoms with Crippen LogP contribution in [0.3, 0.4) is 0 Å². The van der Waals surface area contributed by atoms with Crippen LogP contribution >= 0.6 is 25.3 Å². The summed E-state index contributed by atoms with van der Waals surface area (Å²) in [5.74, 6) is 0. The zero-order valence-electron chi connectivity index (χ0n) is 9.85. The monoisotopic (exact) mass is 264 g/mol. The number of carbonyl (C=O) groups is 2. The van der Waals surface area contributed by atoms with E-state index in [1.807, 2.05) is 14.1 Å². The predicted octanol–water partition coefficient (Wildman–Crippen LogP) is 0.543. The van der Waals surface area contributed by atoms with Crippen LogP contribution in [0.4, 0.5) is 0 Å². The van der Waals surface area contributed by atoms with Gasteiger partial charge in [-0.05, 0) is 14.1 Å². The van der Waals surface area contributed by atoms with E-state index in [2.05, 4.69) is 35.1 Å². The molecular weight excluding hydrogens is 244 g/mol. The summed E-state index contributed by atoms with van der Waals surface area (Å²) in [6.07, 6.45) is 0.941. The van der Waals surface area contributed by atoms with Gasteiger partial charge in [-0.3, -0.25) is 9.59 Å². The fraction of sp³-hybridized carbons (Fsp3) is 0.800. The number of carbonyl (C=O) groups excluding carboxylic acids is 2. The fourth-order valence-electron chi connectivity index (χ4n) is 1.14. The molecule has 6 heteroatoms. The van der Waals surface area contributed by atoms with Crippen LogP contribution in [0.25, 0.3) is 0 Å². The lowest BCUT2D eigenvalue weighted by molar-refractivity contribution is -0.112. The highest BCUT2D eigenvalue weighted by Gasteiger charge is 2.04. The maximum atomic E-state index is 10.6. The summed E-state index contributed by atoms with van der Waals surface area (Å²) in [7, 11) is 3.93. The van der Waals surface area contributed by atoms with Gasteiger partial charge in [-0.25, -0.2) is 0 Å². The van der Waals surface area contributed by atoms with Crippen LogP contribution in [-0.2, 0) is 9.59 Å². The van der Waals surface area contributed by atoms with Crippen molar-refractivity contribution in [1.82, 2.24) is 9.80 Å². The second-order valence-corrected chi connectivity index (χ2v) is 4.89. The van der Waals surface area contributed by atoms with Crippen molar-refractivity contribution in [3.05, 3.63) is 0 Å². The Morgan fingerprint density at radius 1 is 0.812 bits per heavy atom. The first-order valence-corrected chi connectivity index (χ1v) is 6.12. The molecule has 0 bridgehead atoms. The highest BCUT2D eigenvalue weighted by atomic mass is 32.1. The Bertz CT molecular complexity index is 213. The molecule has 0 amide bonds. The molecule has 0 fully saturated rings. The third kappa shape index (κ3) is 10.5. The van der Waals surface area contributed by atoms with Gasteiger partial charge in [0, 0.05) is 39.0 Å². The molecule has 0 aliphatic rings. The molecule has 0 N–H and O–H groups in total. The number of thiol groups is 2. The molecule has 0 aromatic carbocycles. The van der Waals surface area contributed by atoms with E-state index in [9.17, 15) is 9.59 Å². The molecule has 0 saturated heterocycles. The van der Waals surface area contributed by atoms with E-state index in [0.29, 0.717) is 12.8 Å². The minimum Gasteiger partial charge on any atom is -0.305 e. The molecule has 0 radical (unpaired) electrons. The Kier molecular flexibility index (Phi) is 9.02. The van der Waals surface area contributed by atoms with Crippen molar-refractivity contribution in [1.29, 1.82) is 0 Å². The number of rotatable bonds is 9. The van der Waals surface area contributed by atoms with Gasteiger partial charge in [0.05, 0.1) is 0 Å². The quantitative estimate of drug-likeness (QED) is 0.597. The second kappa shape index (κ2) is 9.04. The lowest BCUT2D eigenvalue weighted by atomic mass is 10.4. The zero-order valence-corrected chi connectivity index (χ0v) is 11.6. The summed E-state index contributed by atoms with van der Waals surface area (Å²) in [4.78, 5) is 25.4. The summed E-state index contributed by atoms with van der Waals surface area (Å²) >= 11 is 7.43. The Balaban J connectivity index is 3.54. The van der Waals surface area contributed by atoms with Gasteiger partial charge in [-0.1, -0.05) is 0 Å². The highest BCUT2D eigenvalue weighted by molar-refractivity contribution is 7.96. The molecule has 0 atom stereocenters. The highest BCUT2D eigenvalue weighted by Crippen LogP contribution is 1.95. The van der Waals surface area contributed by atoms with Gasteiger partial charge < -0.3 is 9.80 Å². The maximum absolute atomic E-state index is 10.6. The topological polar surface area (TPSA) is 40.6 Å². The van der Waals surface area contributed by atoms with E-state index in [1.54, 1.807) is 0 Å². The average molecular weight is 264 g/mol. The maximum Gasteiger partial charge on any atom is 0.187 e. The van der Waals surface area contributed by atoms with E-state index in [0.717, 1.165) is 26.2 Å². The van der Waals surface area contributed by atoms with Crippen molar-refractivity contribution < 1.29 is 9.59 Å². The van der Waals surface area contributed by atoms with Crippen molar-refractivity contribution in [2.24, 2.45) is 0 Å². The van der Waals surface area contributed by atoms with Gasteiger partial charge >= 0.3 is 0 Å². The van der Waals surface area contributed by atoms with Gasteiger partial charge in [0.25, 0.3) is 0 Å². The fourth-order valence-corrected chi connectivity index (χ4v) is 1.34. The molecule has 0 unspecified atom stereocenters. The molecule has 0 spiro atoms. The van der Waals surface area contributed by atoms with Crippen LogP contribution in [0.2, 0.25) is 0 Å². The molecule has 4 nitrogen and oxygen atoms in total. The van der Waals surface area contributed by atoms with Gasteiger partial charge in [-0.2, -0.15) is 0 Å². The minimum absolute atomic E-state index is 0.0825. The van der Waals surface area contributed by atoms with Crippen LogP contribution in [-0.4, -0.2) is 60.3 Å². The van der Waals surface area contributed by atoms with E-state index in [1.165, 1.54) is 0 Å². The molecule has 0 aliphatic heterocycles. The second-order valence-electron chi connectivity index (χ2n) is 3.89. The molecule has 0 aliphatic carbocycles. The van der Waals surface area contributed by atoms with Crippen LogP contribution in [0, 0.1) is 0 Å². The first-order chi connectivity index (χ1) is 7.41. The Morgan fingerprint density at radius 2 is 1.12 bits per heavy atom. The van der Waals surface area contributed by atoms with Crippen molar-refractivity contribution in [3.8, 4) is 0 Å². The van der Waals surface area contributed by atoms with Crippen LogP contribution in [0.15, 0.2) is 0 Å². The first kappa shape index (κ1) is 16.0. The van der Waals surface area contributed by atoms with Crippen LogP contribution < -0.4 is 0 Å². The third-order valence-electron chi connectivity index (χ3n) is 2.28. The molecule has 16 heavy (non-hydrogen) atoms. The number of hydrogen-bond acceptors (Lipinski definition) is 4. The number of hydrogen-bond donors (Lipinski definition) is 2. The van der Waals surface area contributed by atoms with Crippen LogP contribution in [0.5, 0.6) is 0 Å². The summed E-state index contributed by atoms with van der Waals surface area (Å²) in [6.45, 7) is 3.19.